The molecule has 0 aliphatic heterocycles. The number of hydrogen-bond donors (Lipinski definition) is 1. The number of amides is 1. The first-order valence-electron chi connectivity index (χ1n) is 10.7. The zero-order valence-electron chi connectivity index (χ0n) is 18.7. The van der Waals surface area contributed by atoms with Gasteiger partial charge in [0.25, 0.3) is 11.5 Å². The van der Waals surface area contributed by atoms with Crippen LogP contribution in [-0.2, 0) is 23.4 Å². The van der Waals surface area contributed by atoms with Gasteiger partial charge in [0.2, 0.25) is 5.88 Å². The number of carbonyl (C=O) groups is 1. The highest BCUT2D eigenvalue weighted by molar-refractivity contribution is 7.92. The van der Waals surface area contributed by atoms with Crippen LogP contribution in [-0.4, -0.2) is 51.1 Å². The van der Waals surface area contributed by atoms with Gasteiger partial charge in [0.1, 0.15) is 22.4 Å². The van der Waals surface area contributed by atoms with Gasteiger partial charge in [-0.15, -0.1) is 0 Å². The van der Waals surface area contributed by atoms with Gasteiger partial charge in [-0.2, -0.15) is 5.10 Å². The van der Waals surface area contributed by atoms with Crippen molar-refractivity contribution in [1.29, 1.82) is 0 Å². The van der Waals surface area contributed by atoms with Gasteiger partial charge in [0, 0.05) is 43.8 Å². The van der Waals surface area contributed by atoms with Crippen molar-refractivity contribution in [2.75, 3.05) is 12.9 Å². The fourth-order valence-electron chi connectivity index (χ4n) is 3.99. The Balaban J connectivity index is 1.40. The quantitative estimate of drug-likeness (QED) is 0.424. The number of sulfone groups is 1. The average Bonchev–Trinajstić information content (AvgIpc) is 3.48. The highest BCUT2D eigenvalue weighted by atomic mass is 32.2. The van der Waals surface area contributed by atoms with Crippen LogP contribution in [0.4, 0.5) is 0 Å². The van der Waals surface area contributed by atoms with Crippen molar-refractivity contribution in [2.24, 2.45) is 7.05 Å². The fourth-order valence-corrected chi connectivity index (χ4v) is 5.10. The van der Waals surface area contributed by atoms with Crippen LogP contribution in [0.15, 0.2) is 53.7 Å². The molecule has 1 saturated carbocycles. The van der Waals surface area contributed by atoms with E-state index >= 15 is 0 Å². The van der Waals surface area contributed by atoms with Crippen molar-refractivity contribution in [2.45, 2.75) is 24.1 Å². The SMILES string of the molecule is Cn1c(=O)c(C(=O)NCc2ccn3nccc3c2)cc2ccnc(OCC3(S(C)(=O)=O)CC3)c21. The Morgan fingerprint density at radius 3 is 2.74 bits per heavy atom. The van der Waals surface area contributed by atoms with Gasteiger partial charge in [-0.05, 0) is 48.7 Å². The number of pyridine rings is 3. The summed E-state index contributed by atoms with van der Waals surface area (Å²) in [5.41, 5.74) is 1.67. The third-order valence-corrected chi connectivity index (χ3v) is 8.42. The Morgan fingerprint density at radius 1 is 1.21 bits per heavy atom. The van der Waals surface area contributed by atoms with Crippen molar-refractivity contribution >= 4 is 32.2 Å². The summed E-state index contributed by atoms with van der Waals surface area (Å²) in [4.78, 5) is 30.1. The molecule has 0 saturated heterocycles. The first kappa shape index (κ1) is 22.1. The maximum Gasteiger partial charge on any atom is 0.263 e. The molecule has 0 bridgehead atoms. The Hall–Kier alpha value is -3.73. The summed E-state index contributed by atoms with van der Waals surface area (Å²) in [6.45, 7) is 0.218. The lowest BCUT2D eigenvalue weighted by atomic mass is 10.1. The van der Waals surface area contributed by atoms with Crippen LogP contribution in [0, 0.1) is 0 Å². The molecule has 0 aromatic carbocycles. The molecule has 1 fully saturated rings. The smallest absolute Gasteiger partial charge is 0.263 e. The third-order valence-electron chi connectivity index (χ3n) is 6.32. The number of carbonyl (C=O) groups excluding carboxylic acids is 1. The maximum atomic E-state index is 13.0. The highest BCUT2D eigenvalue weighted by Gasteiger charge is 2.53. The van der Waals surface area contributed by atoms with E-state index in [1.165, 1.54) is 30.1 Å². The van der Waals surface area contributed by atoms with Crippen molar-refractivity contribution in [3.63, 3.8) is 0 Å². The minimum atomic E-state index is -3.27. The molecule has 1 aliphatic carbocycles. The highest BCUT2D eigenvalue weighted by Crippen LogP contribution is 2.43. The Bertz CT molecular complexity index is 1600. The van der Waals surface area contributed by atoms with E-state index < -0.39 is 26.1 Å². The average molecular weight is 482 g/mol. The minimum Gasteiger partial charge on any atom is -0.474 e. The summed E-state index contributed by atoms with van der Waals surface area (Å²) < 4.78 is 32.0. The van der Waals surface area contributed by atoms with Gasteiger partial charge in [-0.1, -0.05) is 0 Å². The van der Waals surface area contributed by atoms with Gasteiger partial charge in [-0.3, -0.25) is 9.59 Å². The molecule has 5 rings (SSSR count). The lowest BCUT2D eigenvalue weighted by molar-refractivity contribution is 0.0949. The molecular formula is C23H23N5O5S. The van der Waals surface area contributed by atoms with Crippen molar-refractivity contribution in [3.8, 4) is 5.88 Å². The number of aryl methyl sites for hydroxylation is 1. The summed E-state index contributed by atoms with van der Waals surface area (Å²) in [5, 5.41) is 7.52. The summed E-state index contributed by atoms with van der Waals surface area (Å²) in [7, 11) is -1.73. The third kappa shape index (κ3) is 3.81. The van der Waals surface area contributed by atoms with Crippen LogP contribution in [0.3, 0.4) is 0 Å². The number of hydrogen-bond acceptors (Lipinski definition) is 7. The van der Waals surface area contributed by atoms with Crippen molar-refractivity contribution in [1.82, 2.24) is 24.5 Å². The minimum absolute atomic E-state index is 0.00706. The van der Waals surface area contributed by atoms with E-state index in [0.717, 1.165) is 11.1 Å². The molecule has 0 unspecified atom stereocenters. The molecule has 10 nitrogen and oxygen atoms in total. The van der Waals surface area contributed by atoms with Gasteiger partial charge in [-0.25, -0.2) is 17.9 Å². The van der Waals surface area contributed by atoms with Crippen LogP contribution in [0.5, 0.6) is 5.88 Å². The summed E-state index contributed by atoms with van der Waals surface area (Å²) in [5.74, 6) is -0.336. The lowest BCUT2D eigenvalue weighted by Crippen LogP contribution is -2.32. The largest absolute Gasteiger partial charge is 0.474 e. The normalized spacial score (nSPS) is 14.9. The number of nitrogens with zero attached hydrogens (tertiary/aromatic N) is 4. The second-order valence-electron chi connectivity index (χ2n) is 8.64. The van der Waals surface area contributed by atoms with Crippen LogP contribution < -0.4 is 15.6 Å². The molecule has 4 heterocycles. The molecule has 4 aromatic heterocycles. The van der Waals surface area contributed by atoms with E-state index in [-0.39, 0.29) is 24.6 Å². The Labute approximate surface area is 195 Å². The molecular weight excluding hydrogens is 458 g/mol. The molecule has 0 atom stereocenters. The topological polar surface area (TPSA) is 125 Å². The van der Waals surface area contributed by atoms with Gasteiger partial charge >= 0.3 is 0 Å². The summed E-state index contributed by atoms with van der Waals surface area (Å²) in [6.07, 6.45) is 7.27. The second-order valence-corrected chi connectivity index (χ2v) is 11.0. The predicted octanol–water partition coefficient (Wildman–Crippen LogP) is 1.47. The van der Waals surface area contributed by atoms with Crippen molar-refractivity contribution in [3.05, 3.63) is 70.4 Å². The van der Waals surface area contributed by atoms with Crippen LogP contribution in [0.1, 0.15) is 28.8 Å². The number of fused-ring (bicyclic) bond motifs is 2. The molecule has 176 valence electrons. The number of aromatic nitrogens is 4. The molecule has 4 aromatic rings. The fraction of sp³-hybridized carbons (Fsp3) is 0.304. The number of ether oxygens (including phenoxy) is 1. The molecule has 1 aliphatic rings. The van der Waals surface area contributed by atoms with Crippen LogP contribution >= 0.6 is 0 Å². The summed E-state index contributed by atoms with van der Waals surface area (Å²) in [6, 6.07) is 8.79. The first-order valence-corrected chi connectivity index (χ1v) is 12.6. The Kier molecular flexibility index (Phi) is 5.16. The molecule has 1 amide bonds. The zero-order valence-corrected chi connectivity index (χ0v) is 19.5. The van der Waals surface area contributed by atoms with E-state index in [2.05, 4.69) is 15.4 Å². The van der Waals surface area contributed by atoms with Gasteiger partial charge in [0.05, 0.1) is 5.52 Å². The molecule has 0 radical (unpaired) electrons. The Morgan fingerprint density at radius 2 is 2.00 bits per heavy atom. The lowest BCUT2D eigenvalue weighted by Gasteiger charge is -2.16. The number of rotatable bonds is 7. The molecule has 34 heavy (non-hydrogen) atoms. The van der Waals surface area contributed by atoms with E-state index in [4.69, 9.17) is 4.74 Å². The van der Waals surface area contributed by atoms with E-state index in [1.54, 1.807) is 23.0 Å². The monoisotopic (exact) mass is 481 g/mol. The maximum absolute atomic E-state index is 13.0. The standard InChI is InChI=1S/C23H23N5O5S/c1-27-19-16(3-8-24-21(19)33-14-23(6-7-23)34(2,31)32)12-18(22(27)30)20(29)25-13-15-5-10-28-17(11-15)4-9-26-28/h3-5,8-12H,6-7,13-14H2,1-2H3,(H,25,29). The van der Waals surface area contributed by atoms with Gasteiger partial charge in [0.15, 0.2) is 9.84 Å². The second kappa shape index (κ2) is 7.94. The van der Waals surface area contributed by atoms with Crippen molar-refractivity contribution < 1.29 is 17.9 Å². The van der Waals surface area contributed by atoms with E-state index in [1.807, 2.05) is 18.2 Å². The number of nitrogens with one attached hydrogen (secondary N) is 1. The molecule has 0 spiro atoms. The molecule has 1 N–H and O–H groups in total. The summed E-state index contributed by atoms with van der Waals surface area (Å²) >= 11 is 0. The van der Waals surface area contributed by atoms with Gasteiger partial charge < -0.3 is 14.6 Å². The first-order chi connectivity index (χ1) is 16.2. The van der Waals surface area contributed by atoms with E-state index in [9.17, 15) is 18.0 Å². The zero-order chi connectivity index (χ0) is 24.1. The predicted molar refractivity (Wildman–Crippen MR) is 126 cm³/mol. The molecule has 11 heteroatoms. The van der Waals surface area contributed by atoms with E-state index in [0.29, 0.717) is 23.7 Å². The van der Waals surface area contributed by atoms with Crippen LogP contribution in [0.2, 0.25) is 0 Å². The van der Waals surface area contributed by atoms with Crippen LogP contribution in [0.25, 0.3) is 16.4 Å².